The molecule has 4 nitrogen and oxygen atoms in total. The summed E-state index contributed by atoms with van der Waals surface area (Å²) in [4.78, 5) is 5.56. The van der Waals surface area contributed by atoms with E-state index in [0.29, 0.717) is 0 Å². The van der Waals surface area contributed by atoms with Crippen molar-refractivity contribution in [3.63, 3.8) is 0 Å². The first-order chi connectivity index (χ1) is 25.3. The fraction of sp³-hybridized carbons (Fsp3) is 0. The molecule has 0 unspecified atom stereocenters. The summed E-state index contributed by atoms with van der Waals surface area (Å²) < 4.78 is 7.10. The average molecular weight is 651 g/mol. The molecule has 4 heterocycles. The predicted octanol–water partition coefficient (Wildman–Crippen LogP) is 12.0. The summed E-state index contributed by atoms with van der Waals surface area (Å²) in [7, 11) is 0. The Hall–Kier alpha value is -6.91. The Kier molecular flexibility index (Phi) is 5.92. The normalized spacial score (nSPS) is 11.9. The predicted molar refractivity (Wildman–Crippen MR) is 213 cm³/mol. The lowest BCUT2D eigenvalue weighted by atomic mass is 10.1. The molecular weight excluding hydrogens is 621 g/mol. The average Bonchev–Trinajstić information content (AvgIpc) is 3.84. The highest BCUT2D eigenvalue weighted by Gasteiger charge is 2.21. The van der Waals surface area contributed by atoms with Gasteiger partial charge in [-0.15, -0.1) is 0 Å². The van der Waals surface area contributed by atoms with Gasteiger partial charge in [-0.1, -0.05) is 127 Å². The van der Waals surface area contributed by atoms with Crippen LogP contribution < -0.4 is 0 Å². The molecule has 11 aromatic rings. The monoisotopic (exact) mass is 650 g/mol. The summed E-state index contributed by atoms with van der Waals surface area (Å²) >= 11 is 0. The standard InChI is InChI=1S/C47H30N4/c1-2-15-31(16-3-1)32-29-45(50-40-24-11-6-19-35(40)36-20-7-12-25-41(36)50)48-46(30-32)51-42-26-13-8-21-37(42)47-43(27-14-28-44(47)51)49-38-22-9-4-17-33(38)34-18-5-10-23-39(34)49/h1-30H. The van der Waals surface area contributed by atoms with E-state index < -0.39 is 0 Å². The smallest absolute Gasteiger partial charge is 0.140 e. The lowest BCUT2D eigenvalue weighted by Crippen LogP contribution is -2.04. The number of nitrogens with zero attached hydrogens (tertiary/aromatic N) is 4. The van der Waals surface area contributed by atoms with Crippen LogP contribution >= 0.6 is 0 Å². The van der Waals surface area contributed by atoms with E-state index in [2.05, 4.69) is 196 Å². The third kappa shape index (κ3) is 4.05. The SMILES string of the molecule is c1ccc(-c2cc(-n3c4ccccc4c4ccccc43)nc(-n3c4ccccc4c4c(-n5c6ccccc6c6ccccc65)cccc43)c2)cc1. The minimum Gasteiger partial charge on any atom is -0.309 e. The molecule has 0 saturated carbocycles. The number of para-hydroxylation sites is 5. The molecule has 4 heteroatoms. The molecule has 0 fully saturated rings. The molecule has 0 bridgehead atoms. The van der Waals surface area contributed by atoms with Gasteiger partial charge in [-0.2, -0.15) is 0 Å². The maximum atomic E-state index is 5.56. The fourth-order valence-electron chi connectivity index (χ4n) is 8.31. The van der Waals surface area contributed by atoms with Crippen molar-refractivity contribution in [2.75, 3.05) is 0 Å². The lowest BCUT2D eigenvalue weighted by Gasteiger charge is -2.15. The number of rotatable bonds is 4. The van der Waals surface area contributed by atoms with E-state index in [4.69, 9.17) is 4.98 Å². The number of benzene rings is 7. The Bertz CT molecular complexity index is 3030. The summed E-state index contributed by atoms with van der Waals surface area (Å²) in [6.45, 7) is 0. The van der Waals surface area contributed by atoms with Crippen LogP contribution in [0.3, 0.4) is 0 Å². The summed E-state index contributed by atoms with van der Waals surface area (Å²) in [5, 5.41) is 7.33. The van der Waals surface area contributed by atoms with Gasteiger partial charge in [0.15, 0.2) is 0 Å². The second kappa shape index (κ2) is 10.8. The van der Waals surface area contributed by atoms with Gasteiger partial charge in [0, 0.05) is 32.3 Å². The van der Waals surface area contributed by atoms with Gasteiger partial charge >= 0.3 is 0 Å². The van der Waals surface area contributed by atoms with Crippen LogP contribution in [0, 0.1) is 0 Å². The van der Waals surface area contributed by atoms with Gasteiger partial charge in [0.1, 0.15) is 11.6 Å². The molecule has 0 aliphatic heterocycles. The summed E-state index contributed by atoms with van der Waals surface area (Å²) in [5.41, 5.74) is 10.3. The van der Waals surface area contributed by atoms with Crippen LogP contribution in [-0.4, -0.2) is 18.7 Å². The highest BCUT2D eigenvalue weighted by Crippen LogP contribution is 2.41. The largest absolute Gasteiger partial charge is 0.309 e. The summed E-state index contributed by atoms with van der Waals surface area (Å²) in [6, 6.07) is 65.3. The number of pyridine rings is 1. The van der Waals surface area contributed by atoms with Crippen molar-refractivity contribution in [1.29, 1.82) is 0 Å². The Balaban J connectivity index is 1.26. The van der Waals surface area contributed by atoms with Crippen LogP contribution in [-0.2, 0) is 0 Å². The van der Waals surface area contributed by atoms with E-state index >= 15 is 0 Å². The van der Waals surface area contributed by atoms with E-state index in [1.165, 1.54) is 43.4 Å². The molecular formula is C47H30N4. The minimum absolute atomic E-state index is 0.874. The number of fused-ring (bicyclic) bond motifs is 9. The molecule has 0 atom stereocenters. The van der Waals surface area contributed by atoms with Gasteiger partial charge in [-0.05, 0) is 65.7 Å². The molecule has 0 aliphatic carbocycles. The van der Waals surface area contributed by atoms with Crippen molar-refractivity contribution in [2.24, 2.45) is 0 Å². The topological polar surface area (TPSA) is 27.7 Å². The Morgan fingerprint density at radius 1 is 0.294 bits per heavy atom. The second-order valence-corrected chi connectivity index (χ2v) is 13.2. The van der Waals surface area contributed by atoms with E-state index in [-0.39, 0.29) is 0 Å². The van der Waals surface area contributed by atoms with Gasteiger partial charge in [0.05, 0.1) is 38.8 Å². The molecule has 7 aromatic carbocycles. The third-order valence-electron chi connectivity index (χ3n) is 10.4. The van der Waals surface area contributed by atoms with Crippen molar-refractivity contribution < 1.29 is 0 Å². The summed E-state index contributed by atoms with van der Waals surface area (Å²) in [6.07, 6.45) is 0. The van der Waals surface area contributed by atoms with Gasteiger partial charge in [0.2, 0.25) is 0 Å². The van der Waals surface area contributed by atoms with Gasteiger partial charge in [-0.3, -0.25) is 9.13 Å². The van der Waals surface area contributed by atoms with Gasteiger partial charge in [-0.25, -0.2) is 4.98 Å². The highest BCUT2D eigenvalue weighted by atomic mass is 15.1. The van der Waals surface area contributed by atoms with E-state index in [9.17, 15) is 0 Å². The maximum absolute atomic E-state index is 5.56. The van der Waals surface area contributed by atoms with Crippen LogP contribution in [0.5, 0.6) is 0 Å². The first-order valence-electron chi connectivity index (χ1n) is 17.4. The number of hydrogen-bond donors (Lipinski definition) is 0. The number of aromatic nitrogens is 4. The van der Waals surface area contributed by atoms with Crippen molar-refractivity contribution in [3.05, 3.63) is 182 Å². The zero-order valence-corrected chi connectivity index (χ0v) is 27.6. The van der Waals surface area contributed by atoms with Crippen LogP contribution in [0.4, 0.5) is 0 Å². The van der Waals surface area contributed by atoms with Crippen molar-refractivity contribution in [1.82, 2.24) is 18.7 Å². The van der Waals surface area contributed by atoms with Crippen molar-refractivity contribution in [2.45, 2.75) is 0 Å². The van der Waals surface area contributed by atoms with Gasteiger partial charge < -0.3 is 4.57 Å². The van der Waals surface area contributed by atoms with E-state index in [1.807, 2.05) is 0 Å². The molecule has 51 heavy (non-hydrogen) atoms. The van der Waals surface area contributed by atoms with E-state index in [1.54, 1.807) is 0 Å². The first-order valence-corrected chi connectivity index (χ1v) is 17.4. The molecule has 0 N–H and O–H groups in total. The van der Waals surface area contributed by atoms with E-state index in [0.717, 1.165) is 50.5 Å². The minimum atomic E-state index is 0.874. The number of hydrogen-bond acceptors (Lipinski definition) is 1. The zero-order valence-electron chi connectivity index (χ0n) is 27.6. The molecule has 0 aliphatic rings. The molecule has 238 valence electrons. The molecule has 0 radical (unpaired) electrons. The van der Waals surface area contributed by atoms with Crippen LogP contribution in [0.25, 0.3) is 93.9 Å². The Morgan fingerprint density at radius 3 is 1.22 bits per heavy atom. The molecule has 0 spiro atoms. The first kappa shape index (κ1) is 28.0. The van der Waals surface area contributed by atoms with Crippen LogP contribution in [0.15, 0.2) is 182 Å². The zero-order chi connectivity index (χ0) is 33.5. The maximum Gasteiger partial charge on any atom is 0.140 e. The van der Waals surface area contributed by atoms with Crippen LogP contribution in [0.1, 0.15) is 0 Å². The van der Waals surface area contributed by atoms with Crippen LogP contribution in [0.2, 0.25) is 0 Å². The summed E-state index contributed by atoms with van der Waals surface area (Å²) in [5.74, 6) is 1.76. The quantitative estimate of drug-likeness (QED) is 0.186. The third-order valence-corrected chi connectivity index (χ3v) is 10.4. The molecule has 0 saturated heterocycles. The van der Waals surface area contributed by atoms with Gasteiger partial charge in [0.25, 0.3) is 0 Å². The molecule has 11 rings (SSSR count). The molecule has 4 aromatic heterocycles. The Labute approximate surface area is 293 Å². The fourth-order valence-corrected chi connectivity index (χ4v) is 8.31. The molecule has 0 amide bonds. The highest BCUT2D eigenvalue weighted by molar-refractivity contribution is 6.16. The lowest BCUT2D eigenvalue weighted by molar-refractivity contribution is 1.01. The van der Waals surface area contributed by atoms with Crippen molar-refractivity contribution >= 4 is 65.4 Å². The Morgan fingerprint density at radius 2 is 0.686 bits per heavy atom. The van der Waals surface area contributed by atoms with Crippen molar-refractivity contribution in [3.8, 4) is 28.5 Å². The second-order valence-electron chi connectivity index (χ2n) is 13.2.